The van der Waals surface area contributed by atoms with Gasteiger partial charge in [0, 0.05) is 30.0 Å². The van der Waals surface area contributed by atoms with Crippen LogP contribution in [0, 0.1) is 18.3 Å². The van der Waals surface area contributed by atoms with Crippen LogP contribution in [0.3, 0.4) is 0 Å². The number of carboxylic acid groups (broad SMARTS) is 2. The van der Waals surface area contributed by atoms with Gasteiger partial charge in [-0.1, -0.05) is 65.0 Å². The molecular formula is C45H56F3N7O11. The fraction of sp³-hybridized carbons (Fsp3) is 0.467. The molecule has 21 heteroatoms. The Morgan fingerprint density at radius 2 is 1.32 bits per heavy atom. The maximum Gasteiger partial charge on any atom is 0.391 e. The molecule has 1 aromatic heterocycles. The molecule has 0 aliphatic rings. The lowest BCUT2D eigenvalue weighted by molar-refractivity contribution is -0.147. The molecule has 358 valence electrons. The van der Waals surface area contributed by atoms with Crippen LogP contribution < -0.4 is 31.9 Å². The molecule has 8 N–H and O–H groups in total. The summed E-state index contributed by atoms with van der Waals surface area (Å²) >= 11 is 0. The summed E-state index contributed by atoms with van der Waals surface area (Å²) in [5.74, 6) is -9.23. The number of carbonyl (C=O) groups is 9. The quantitative estimate of drug-likeness (QED) is 0.0638. The fourth-order valence-electron chi connectivity index (χ4n) is 6.73. The van der Waals surface area contributed by atoms with Crippen molar-refractivity contribution in [3.63, 3.8) is 0 Å². The van der Waals surface area contributed by atoms with E-state index in [0.29, 0.717) is 22.0 Å². The van der Waals surface area contributed by atoms with E-state index >= 15 is 0 Å². The van der Waals surface area contributed by atoms with E-state index < -0.39 is 121 Å². The second-order valence-electron chi connectivity index (χ2n) is 17.3. The van der Waals surface area contributed by atoms with E-state index in [4.69, 9.17) is 0 Å². The molecule has 0 radical (unpaired) electrons. The summed E-state index contributed by atoms with van der Waals surface area (Å²) in [6.45, 7) is 9.78. The summed E-state index contributed by atoms with van der Waals surface area (Å²) in [6.07, 6.45) is -7.45. The van der Waals surface area contributed by atoms with E-state index in [9.17, 15) is 66.5 Å². The van der Waals surface area contributed by atoms with Gasteiger partial charge >= 0.3 is 18.1 Å². The number of hydrogen-bond donors (Lipinski definition) is 8. The van der Waals surface area contributed by atoms with Gasteiger partial charge in [-0.15, -0.1) is 0 Å². The van der Waals surface area contributed by atoms with Crippen molar-refractivity contribution in [2.45, 2.75) is 122 Å². The molecule has 18 nitrogen and oxygen atoms in total. The Kier molecular flexibility index (Phi) is 19.3. The minimum atomic E-state index is -4.79. The summed E-state index contributed by atoms with van der Waals surface area (Å²) in [6, 6.07) is 4.62. The topological polar surface area (TPSA) is 279 Å². The predicted molar refractivity (Wildman–Crippen MR) is 232 cm³/mol. The molecule has 1 unspecified atom stereocenters. The highest BCUT2D eigenvalue weighted by atomic mass is 19.4. The zero-order valence-corrected chi connectivity index (χ0v) is 37.3. The zero-order chi connectivity index (χ0) is 49.5. The minimum Gasteiger partial charge on any atom is -0.481 e. The van der Waals surface area contributed by atoms with Crippen molar-refractivity contribution in [3.05, 3.63) is 77.5 Å². The average molecular weight is 928 g/mol. The Labute approximate surface area is 378 Å². The molecule has 0 aliphatic heterocycles. The largest absolute Gasteiger partial charge is 0.481 e. The van der Waals surface area contributed by atoms with Gasteiger partial charge in [-0.25, -0.2) is 0 Å². The lowest BCUT2D eigenvalue weighted by Gasteiger charge is -2.34. The van der Waals surface area contributed by atoms with Crippen LogP contribution >= 0.6 is 0 Å². The van der Waals surface area contributed by atoms with Crippen molar-refractivity contribution in [3.8, 4) is 0 Å². The third-order valence-electron chi connectivity index (χ3n) is 10.2. The average Bonchev–Trinajstić information content (AvgIpc) is 3.22. The highest BCUT2D eigenvalue weighted by Gasteiger charge is 2.39. The van der Waals surface area contributed by atoms with Gasteiger partial charge in [-0.05, 0) is 66.5 Å². The molecule has 0 spiro atoms. The van der Waals surface area contributed by atoms with Crippen LogP contribution in [-0.4, -0.2) is 111 Å². The number of pyridine rings is 1. The summed E-state index contributed by atoms with van der Waals surface area (Å²) in [5, 5.41) is 34.0. The molecule has 3 rings (SSSR count). The smallest absolute Gasteiger partial charge is 0.391 e. The van der Waals surface area contributed by atoms with Gasteiger partial charge in [-0.2, -0.15) is 13.2 Å². The van der Waals surface area contributed by atoms with Gasteiger partial charge in [0.2, 0.25) is 29.5 Å². The van der Waals surface area contributed by atoms with Gasteiger partial charge in [-0.3, -0.25) is 43.3 Å². The predicted octanol–water partition coefficient (Wildman–Crippen LogP) is 2.89. The highest BCUT2D eigenvalue weighted by Crippen LogP contribution is 2.23. The summed E-state index contributed by atoms with van der Waals surface area (Å²) in [7, 11) is 0. The number of alkyl halides is 3. The third kappa shape index (κ3) is 17.2. The molecule has 1 heterocycles. The van der Waals surface area contributed by atoms with Gasteiger partial charge in [0.1, 0.15) is 36.5 Å². The number of aryl methyl sites for hydroxylation is 1. The van der Waals surface area contributed by atoms with Crippen molar-refractivity contribution < 1.29 is 66.5 Å². The number of amides is 6. The normalized spacial score (nSPS) is 14.3. The number of carbonyl (C=O) groups excluding carboxylic acids is 7. The van der Waals surface area contributed by atoms with Crippen LogP contribution in [0.1, 0.15) is 88.2 Å². The number of halogens is 3. The van der Waals surface area contributed by atoms with Crippen molar-refractivity contribution >= 4 is 64.6 Å². The van der Waals surface area contributed by atoms with E-state index in [1.54, 1.807) is 90.2 Å². The first-order valence-electron chi connectivity index (χ1n) is 21.0. The fourth-order valence-corrected chi connectivity index (χ4v) is 6.73. The van der Waals surface area contributed by atoms with Gasteiger partial charge < -0.3 is 46.9 Å². The number of benzene rings is 2. The van der Waals surface area contributed by atoms with Crippen molar-refractivity contribution in [2.75, 3.05) is 0 Å². The Bertz CT molecular complexity index is 2270. The third-order valence-corrected chi connectivity index (χ3v) is 10.2. The summed E-state index contributed by atoms with van der Waals surface area (Å²) in [5.41, 5.74) is 0.720. The number of aliphatic carboxylic acids is 2. The number of nitrogens with zero attached hydrogens (tertiary/aromatic N) is 1. The van der Waals surface area contributed by atoms with Gasteiger partial charge in [0.05, 0.1) is 24.4 Å². The number of carboxylic acids is 2. The molecule has 0 bridgehead atoms. The van der Waals surface area contributed by atoms with E-state index in [1.165, 1.54) is 12.1 Å². The SMILES string of the molecule is Cc1ccccc1C[C@H](NC(=O)[C@H](CCC(=O)O)NC(=O)[C@H](CC(=O)O)NC(=O)c1ccc2ncccc2c1)C(=O)N[C@H](C(=O)N[C@@H](CC(C)C)C(=O)NC(C=O)CC(F)(F)F)C(C)(C)C. The van der Waals surface area contributed by atoms with Crippen LogP contribution in [0.2, 0.25) is 0 Å². The second-order valence-corrected chi connectivity index (χ2v) is 17.3. The number of hydrogen-bond acceptors (Lipinski definition) is 10. The number of rotatable bonds is 23. The second kappa shape index (κ2) is 23.8. The van der Waals surface area contributed by atoms with Crippen molar-refractivity contribution in [1.29, 1.82) is 0 Å². The lowest BCUT2D eigenvalue weighted by Crippen LogP contribution is -2.62. The maximum atomic E-state index is 14.3. The molecule has 6 amide bonds. The Hall–Kier alpha value is -6.93. The monoisotopic (exact) mass is 927 g/mol. The molecule has 0 fully saturated rings. The van der Waals surface area contributed by atoms with Crippen LogP contribution in [0.15, 0.2) is 60.8 Å². The first-order chi connectivity index (χ1) is 30.8. The van der Waals surface area contributed by atoms with Gasteiger partial charge in [0.15, 0.2) is 0 Å². The van der Waals surface area contributed by atoms with E-state index in [2.05, 4.69) is 31.6 Å². The number of fused-ring (bicyclic) bond motifs is 1. The zero-order valence-electron chi connectivity index (χ0n) is 37.3. The Balaban J connectivity index is 1.94. The van der Waals surface area contributed by atoms with Crippen molar-refractivity contribution in [2.24, 2.45) is 11.3 Å². The van der Waals surface area contributed by atoms with Crippen molar-refractivity contribution in [1.82, 2.24) is 36.9 Å². The standard InChI is InChI=1S/C45H56F3N7O11/c1-24(2)18-32(40(63)50-29(23-56)22-45(46,47)48)54-43(66)37(44(4,5)6)55-42(65)33(20-26-11-8-7-10-25(26)3)53-39(62)31(15-16-35(57)58)51-41(64)34(21-36(59)60)52-38(61)28-13-14-30-27(19-28)12-9-17-49-30/h7-14,17,19,23-24,29,31-34,37H,15-16,18,20-22H2,1-6H3,(H,50,63)(H,51,64)(H,52,61)(H,53,62)(H,54,66)(H,55,65)(H,57,58)(H,59,60)/t29?,31-,32-,33-,34-,37+/m0/s1. The number of nitrogens with one attached hydrogen (secondary N) is 6. The molecule has 2 aromatic carbocycles. The van der Waals surface area contributed by atoms with E-state index in [1.807, 2.05) is 5.32 Å². The summed E-state index contributed by atoms with van der Waals surface area (Å²) in [4.78, 5) is 122. The summed E-state index contributed by atoms with van der Waals surface area (Å²) < 4.78 is 39.2. The van der Waals surface area contributed by atoms with Crippen LogP contribution in [0.5, 0.6) is 0 Å². The molecule has 0 saturated heterocycles. The number of aromatic nitrogens is 1. The van der Waals surface area contributed by atoms with E-state index in [-0.39, 0.29) is 30.6 Å². The van der Waals surface area contributed by atoms with Crippen LogP contribution in [0.25, 0.3) is 10.9 Å². The molecule has 6 atom stereocenters. The molecule has 66 heavy (non-hydrogen) atoms. The van der Waals surface area contributed by atoms with Gasteiger partial charge in [0.25, 0.3) is 5.91 Å². The first kappa shape index (κ1) is 53.4. The molecule has 3 aromatic rings. The number of aldehydes is 1. The molecule has 0 aliphatic carbocycles. The molecular weight excluding hydrogens is 872 g/mol. The molecule has 0 saturated carbocycles. The highest BCUT2D eigenvalue weighted by molar-refractivity contribution is 6.02. The lowest BCUT2D eigenvalue weighted by atomic mass is 9.85. The van der Waals surface area contributed by atoms with E-state index in [0.717, 1.165) is 0 Å². The minimum absolute atomic E-state index is 0.0531. The van der Waals surface area contributed by atoms with Crippen LogP contribution in [-0.2, 0) is 44.8 Å². The Morgan fingerprint density at radius 3 is 1.91 bits per heavy atom. The van der Waals surface area contributed by atoms with Crippen LogP contribution in [0.4, 0.5) is 13.2 Å². The Morgan fingerprint density at radius 1 is 0.712 bits per heavy atom. The maximum absolute atomic E-state index is 14.3. The first-order valence-corrected chi connectivity index (χ1v) is 21.0.